The number of carbonyl (C=O) groups is 2. The zero-order valence-electron chi connectivity index (χ0n) is 13.3. The molecule has 2 amide bonds. The minimum atomic E-state index is -3.92. The molecule has 0 bridgehead atoms. The minimum Gasteiger partial charge on any atom is -0.332 e. The average molecular weight is 382 g/mol. The summed E-state index contributed by atoms with van der Waals surface area (Å²) in [5.41, 5.74) is 0.547. The zero-order chi connectivity index (χ0) is 18.6. The van der Waals surface area contributed by atoms with Crippen LogP contribution in [0.5, 0.6) is 0 Å². The molecule has 0 aliphatic heterocycles. The van der Waals surface area contributed by atoms with E-state index in [0.717, 1.165) is 4.90 Å². The van der Waals surface area contributed by atoms with Crippen LogP contribution in [0.25, 0.3) is 0 Å². The van der Waals surface area contributed by atoms with E-state index in [0.29, 0.717) is 10.7 Å². The Hall–Kier alpha value is -2.42. The number of primary sulfonamides is 1. The molecular formula is C16H16ClN3O4S. The van der Waals surface area contributed by atoms with E-state index < -0.39 is 21.8 Å². The Morgan fingerprint density at radius 2 is 1.84 bits per heavy atom. The third-order valence-corrected chi connectivity index (χ3v) is 4.53. The van der Waals surface area contributed by atoms with E-state index in [-0.39, 0.29) is 17.0 Å². The predicted molar refractivity (Wildman–Crippen MR) is 94.9 cm³/mol. The highest BCUT2D eigenvalue weighted by molar-refractivity contribution is 7.89. The maximum Gasteiger partial charge on any atom is 0.254 e. The fraction of sp³-hybridized carbons (Fsp3) is 0.125. The van der Waals surface area contributed by atoms with Gasteiger partial charge in [0.05, 0.1) is 22.2 Å². The van der Waals surface area contributed by atoms with Gasteiger partial charge in [-0.2, -0.15) is 0 Å². The summed E-state index contributed by atoms with van der Waals surface area (Å²) in [6.45, 7) is -0.232. The summed E-state index contributed by atoms with van der Waals surface area (Å²) in [5, 5.41) is 8.04. The van der Waals surface area contributed by atoms with Crippen LogP contribution in [0.4, 0.5) is 5.69 Å². The summed E-state index contributed by atoms with van der Waals surface area (Å²) < 4.78 is 22.7. The number of anilines is 1. The number of rotatable bonds is 5. The smallest absolute Gasteiger partial charge is 0.254 e. The molecular weight excluding hydrogens is 366 g/mol. The molecule has 0 atom stereocenters. The van der Waals surface area contributed by atoms with Gasteiger partial charge in [-0.05, 0) is 30.3 Å². The summed E-state index contributed by atoms with van der Waals surface area (Å²) >= 11 is 5.96. The van der Waals surface area contributed by atoms with Crippen molar-refractivity contribution in [2.45, 2.75) is 4.90 Å². The second kappa shape index (κ2) is 7.64. The predicted octanol–water partition coefficient (Wildman–Crippen LogP) is 1.70. The molecule has 0 saturated carbocycles. The fourth-order valence-corrected chi connectivity index (χ4v) is 2.81. The number of hydrogen-bond donors (Lipinski definition) is 2. The van der Waals surface area contributed by atoms with Crippen LogP contribution < -0.4 is 10.5 Å². The molecule has 2 aromatic rings. The number of nitrogens with one attached hydrogen (secondary N) is 1. The highest BCUT2D eigenvalue weighted by Gasteiger charge is 2.17. The van der Waals surface area contributed by atoms with Gasteiger partial charge in [-0.1, -0.05) is 29.8 Å². The molecule has 2 aromatic carbocycles. The van der Waals surface area contributed by atoms with Gasteiger partial charge in [0.25, 0.3) is 5.91 Å². The van der Waals surface area contributed by atoms with Crippen molar-refractivity contribution in [3.05, 3.63) is 59.1 Å². The number of amides is 2. The van der Waals surface area contributed by atoms with Crippen LogP contribution in [-0.2, 0) is 14.8 Å². The van der Waals surface area contributed by atoms with Gasteiger partial charge in [-0.3, -0.25) is 9.59 Å². The van der Waals surface area contributed by atoms with Crippen LogP contribution in [0.1, 0.15) is 10.4 Å². The summed E-state index contributed by atoms with van der Waals surface area (Å²) in [5.74, 6) is -0.952. The monoisotopic (exact) mass is 381 g/mol. The van der Waals surface area contributed by atoms with Gasteiger partial charge in [0.2, 0.25) is 15.9 Å². The number of likely N-dealkylation sites (N-methyl/N-ethyl adjacent to an activating group) is 1. The fourth-order valence-electron chi connectivity index (χ4n) is 2.07. The van der Waals surface area contributed by atoms with Crippen LogP contribution in [0.15, 0.2) is 53.4 Å². The third-order valence-electron chi connectivity index (χ3n) is 3.28. The van der Waals surface area contributed by atoms with E-state index in [1.807, 2.05) is 0 Å². The summed E-state index contributed by atoms with van der Waals surface area (Å²) in [6, 6.07) is 12.0. The number of para-hydroxylation sites is 1. The topological polar surface area (TPSA) is 110 Å². The first-order chi connectivity index (χ1) is 11.7. The van der Waals surface area contributed by atoms with Crippen molar-refractivity contribution in [2.24, 2.45) is 5.14 Å². The molecule has 0 fully saturated rings. The van der Waals surface area contributed by atoms with Crippen LogP contribution in [0, 0.1) is 0 Å². The van der Waals surface area contributed by atoms with Crippen LogP contribution >= 0.6 is 11.6 Å². The molecule has 0 saturated heterocycles. The van der Waals surface area contributed by atoms with Crippen LogP contribution in [-0.4, -0.2) is 38.7 Å². The quantitative estimate of drug-likeness (QED) is 0.821. The number of hydrogen-bond acceptors (Lipinski definition) is 4. The summed E-state index contributed by atoms with van der Waals surface area (Å²) in [4.78, 5) is 25.4. The minimum absolute atomic E-state index is 0.111. The molecule has 7 nitrogen and oxygen atoms in total. The van der Waals surface area contributed by atoms with Gasteiger partial charge in [-0.15, -0.1) is 0 Å². The average Bonchev–Trinajstić information content (AvgIpc) is 2.55. The normalized spacial score (nSPS) is 11.0. The second-order valence-corrected chi connectivity index (χ2v) is 7.23. The van der Waals surface area contributed by atoms with Gasteiger partial charge in [0.1, 0.15) is 0 Å². The zero-order valence-corrected chi connectivity index (χ0v) is 14.8. The first-order valence-electron chi connectivity index (χ1n) is 7.11. The lowest BCUT2D eigenvalue weighted by Crippen LogP contribution is -2.35. The Morgan fingerprint density at radius 1 is 1.16 bits per heavy atom. The Morgan fingerprint density at radius 3 is 2.48 bits per heavy atom. The Kier molecular flexibility index (Phi) is 5.78. The number of benzene rings is 2. The van der Waals surface area contributed by atoms with Gasteiger partial charge in [0, 0.05) is 12.6 Å². The number of nitrogens with two attached hydrogens (primary N) is 1. The van der Waals surface area contributed by atoms with E-state index >= 15 is 0 Å². The maximum atomic E-state index is 12.4. The molecule has 0 aliphatic carbocycles. The first-order valence-corrected chi connectivity index (χ1v) is 9.03. The Labute approximate surface area is 150 Å². The molecule has 9 heteroatoms. The number of halogens is 1. The Balaban J connectivity index is 2.08. The molecule has 25 heavy (non-hydrogen) atoms. The van der Waals surface area contributed by atoms with Crippen LogP contribution in [0.2, 0.25) is 5.02 Å². The van der Waals surface area contributed by atoms with Crippen molar-refractivity contribution in [3.63, 3.8) is 0 Å². The highest BCUT2D eigenvalue weighted by Crippen LogP contribution is 2.20. The van der Waals surface area contributed by atoms with Crippen molar-refractivity contribution in [2.75, 3.05) is 18.9 Å². The molecule has 2 rings (SSSR count). The molecule has 0 heterocycles. The lowest BCUT2D eigenvalue weighted by molar-refractivity contribution is -0.116. The first kappa shape index (κ1) is 18.9. The summed E-state index contributed by atoms with van der Waals surface area (Å²) in [7, 11) is -2.49. The van der Waals surface area contributed by atoms with Crippen molar-refractivity contribution in [1.29, 1.82) is 0 Å². The lowest BCUT2D eigenvalue weighted by Gasteiger charge is -2.17. The molecule has 0 radical (unpaired) electrons. The van der Waals surface area contributed by atoms with Crippen molar-refractivity contribution >= 4 is 39.1 Å². The second-order valence-electron chi connectivity index (χ2n) is 5.26. The number of nitrogens with zero attached hydrogens (tertiary/aromatic N) is 1. The van der Waals surface area contributed by atoms with Gasteiger partial charge >= 0.3 is 0 Å². The lowest BCUT2D eigenvalue weighted by atomic mass is 10.2. The summed E-state index contributed by atoms with van der Waals surface area (Å²) in [6.07, 6.45) is 0. The van der Waals surface area contributed by atoms with Crippen molar-refractivity contribution in [1.82, 2.24) is 4.90 Å². The van der Waals surface area contributed by atoms with E-state index in [1.54, 1.807) is 24.3 Å². The van der Waals surface area contributed by atoms with Crippen LogP contribution in [0.3, 0.4) is 0 Å². The van der Waals surface area contributed by atoms with Gasteiger partial charge in [-0.25, -0.2) is 13.6 Å². The molecule has 0 unspecified atom stereocenters. The molecule has 0 aliphatic rings. The van der Waals surface area contributed by atoms with Gasteiger partial charge in [0.15, 0.2) is 0 Å². The van der Waals surface area contributed by atoms with E-state index in [4.69, 9.17) is 16.7 Å². The van der Waals surface area contributed by atoms with E-state index in [9.17, 15) is 18.0 Å². The number of carbonyl (C=O) groups excluding carboxylic acids is 2. The molecule has 0 aromatic heterocycles. The van der Waals surface area contributed by atoms with E-state index in [1.165, 1.54) is 31.3 Å². The number of sulfonamides is 1. The maximum absolute atomic E-state index is 12.4. The van der Waals surface area contributed by atoms with Gasteiger partial charge < -0.3 is 10.2 Å². The largest absolute Gasteiger partial charge is 0.332 e. The van der Waals surface area contributed by atoms with Crippen molar-refractivity contribution in [3.8, 4) is 0 Å². The molecule has 132 valence electrons. The SMILES string of the molecule is CN(CC(=O)Nc1ccccc1Cl)C(=O)c1cccc(S(N)(=O)=O)c1. The Bertz CT molecular complexity index is 915. The molecule has 3 N–H and O–H groups in total. The van der Waals surface area contributed by atoms with Crippen molar-refractivity contribution < 1.29 is 18.0 Å². The van der Waals surface area contributed by atoms with E-state index in [2.05, 4.69) is 5.32 Å². The highest BCUT2D eigenvalue weighted by atomic mass is 35.5. The third kappa shape index (κ3) is 5.02. The molecule has 0 spiro atoms. The standard InChI is InChI=1S/C16H16ClN3O4S/c1-20(10-15(21)19-14-8-3-2-7-13(14)17)16(22)11-5-4-6-12(9-11)25(18,23)24/h2-9H,10H2,1H3,(H,19,21)(H2,18,23,24).